The minimum atomic E-state index is -0.513. The van der Waals surface area contributed by atoms with Crippen LogP contribution in [0.4, 0.5) is 4.39 Å². The van der Waals surface area contributed by atoms with Crippen LogP contribution in [-0.2, 0) is 18.8 Å². The molecule has 0 atom stereocenters. The average molecular weight is 348 g/mol. The van der Waals surface area contributed by atoms with E-state index in [0.717, 1.165) is 11.0 Å². The fourth-order valence-corrected chi connectivity index (χ4v) is 3.47. The van der Waals surface area contributed by atoms with Gasteiger partial charge in [0.15, 0.2) is 0 Å². The van der Waals surface area contributed by atoms with Gasteiger partial charge in [-0.1, -0.05) is 6.07 Å². The van der Waals surface area contributed by atoms with Crippen LogP contribution in [0, 0.1) is 18.7 Å². The molecule has 25 heavy (non-hydrogen) atoms. The summed E-state index contributed by atoms with van der Waals surface area (Å²) in [5, 5.41) is 0. The Labute approximate surface area is 149 Å². The number of aryl methyl sites for hydroxylation is 1. The lowest BCUT2D eigenvalue weighted by atomic mass is 9.68. The minimum absolute atomic E-state index is 0.0332. The maximum absolute atomic E-state index is 14.5. The number of esters is 1. The Hall–Kier alpha value is -1.40. The molecule has 1 heterocycles. The van der Waals surface area contributed by atoms with Gasteiger partial charge in [0.1, 0.15) is 5.82 Å². The van der Waals surface area contributed by atoms with E-state index in [1.165, 1.54) is 7.11 Å². The second kappa shape index (κ2) is 6.10. The molecule has 6 heteroatoms. The average Bonchev–Trinajstić information content (AvgIpc) is 2.67. The lowest BCUT2D eigenvalue weighted by Crippen LogP contribution is -2.41. The number of carbonyl (C=O) groups excluding carboxylic acids is 1. The molecule has 1 aromatic carbocycles. The zero-order valence-electron chi connectivity index (χ0n) is 15.8. The Kier molecular flexibility index (Phi) is 4.49. The Bertz CT molecular complexity index is 679. The molecule has 4 nitrogen and oxygen atoms in total. The van der Waals surface area contributed by atoms with Gasteiger partial charge in [-0.25, -0.2) is 4.39 Å². The van der Waals surface area contributed by atoms with Crippen molar-refractivity contribution in [2.75, 3.05) is 7.11 Å². The molecule has 0 unspecified atom stereocenters. The van der Waals surface area contributed by atoms with Gasteiger partial charge in [0.2, 0.25) is 0 Å². The molecule has 2 fully saturated rings. The molecular formula is C19H26BFO4. The normalized spacial score (nSPS) is 27.1. The largest absolute Gasteiger partial charge is 0.495 e. The predicted molar refractivity (Wildman–Crippen MR) is 94.3 cm³/mol. The highest BCUT2D eigenvalue weighted by Crippen LogP contribution is 2.43. The molecule has 0 bridgehead atoms. The van der Waals surface area contributed by atoms with Crippen LogP contribution in [0.1, 0.15) is 57.6 Å². The summed E-state index contributed by atoms with van der Waals surface area (Å²) in [4.78, 5) is 11.6. The monoisotopic (exact) mass is 348 g/mol. The summed E-state index contributed by atoms with van der Waals surface area (Å²) in [5.74, 6) is -0.539. The first-order valence-corrected chi connectivity index (χ1v) is 8.79. The Morgan fingerprint density at radius 2 is 1.76 bits per heavy atom. The van der Waals surface area contributed by atoms with Crippen LogP contribution < -0.4 is 5.46 Å². The molecule has 0 spiro atoms. The molecule has 0 amide bonds. The van der Waals surface area contributed by atoms with Crippen molar-refractivity contribution in [3.05, 3.63) is 29.1 Å². The van der Waals surface area contributed by atoms with E-state index in [1.807, 2.05) is 40.7 Å². The molecule has 1 saturated carbocycles. The zero-order chi connectivity index (χ0) is 18.6. The maximum atomic E-state index is 14.5. The van der Waals surface area contributed by atoms with Crippen molar-refractivity contribution >= 4 is 18.6 Å². The summed E-state index contributed by atoms with van der Waals surface area (Å²) in [6.45, 7) is 9.86. The number of carbonyl (C=O) groups is 1. The molecule has 1 saturated heterocycles. The predicted octanol–water partition coefficient (Wildman–Crippen LogP) is 3.10. The van der Waals surface area contributed by atoms with E-state index in [2.05, 4.69) is 0 Å². The van der Waals surface area contributed by atoms with Gasteiger partial charge in [0, 0.05) is 0 Å². The van der Waals surface area contributed by atoms with Gasteiger partial charge in [0.05, 0.1) is 24.2 Å². The standard InChI is InChI=1S/C19H26BFO4/c1-11-7-16(21)14(12-8-13(9-12)17(22)23-6)10-15(11)20-24-18(2,3)19(4,5)25-20/h7,10,12-13H,8-9H2,1-6H3. The van der Waals surface area contributed by atoms with Crippen molar-refractivity contribution in [1.82, 2.24) is 0 Å². The molecule has 136 valence electrons. The smallest absolute Gasteiger partial charge is 0.469 e. The fourth-order valence-electron chi connectivity index (χ4n) is 3.47. The van der Waals surface area contributed by atoms with E-state index in [-0.39, 0.29) is 23.6 Å². The summed E-state index contributed by atoms with van der Waals surface area (Å²) >= 11 is 0. The lowest BCUT2D eigenvalue weighted by molar-refractivity contribution is -0.148. The molecule has 2 aliphatic rings. The molecule has 3 rings (SSSR count). The van der Waals surface area contributed by atoms with Crippen molar-refractivity contribution in [3.8, 4) is 0 Å². The van der Waals surface area contributed by atoms with Gasteiger partial charge in [-0.2, -0.15) is 0 Å². The number of hydrogen-bond donors (Lipinski definition) is 0. The summed E-state index contributed by atoms with van der Waals surface area (Å²) in [6, 6.07) is 3.39. The van der Waals surface area contributed by atoms with E-state index in [9.17, 15) is 9.18 Å². The van der Waals surface area contributed by atoms with E-state index >= 15 is 0 Å². The van der Waals surface area contributed by atoms with Crippen molar-refractivity contribution < 1.29 is 23.2 Å². The summed E-state index contributed by atoms with van der Waals surface area (Å²) < 4.78 is 31.5. The van der Waals surface area contributed by atoms with Crippen LogP contribution in [0.5, 0.6) is 0 Å². The second-order valence-electron chi connectivity index (χ2n) is 8.21. The topological polar surface area (TPSA) is 44.8 Å². The van der Waals surface area contributed by atoms with Crippen molar-refractivity contribution in [1.29, 1.82) is 0 Å². The Morgan fingerprint density at radius 3 is 2.28 bits per heavy atom. The lowest BCUT2D eigenvalue weighted by Gasteiger charge is -2.34. The number of halogens is 1. The summed E-state index contributed by atoms with van der Waals surface area (Å²) in [5.41, 5.74) is 1.42. The number of methoxy groups -OCH3 is 1. The number of benzene rings is 1. The van der Waals surface area contributed by atoms with Crippen LogP contribution in [0.25, 0.3) is 0 Å². The molecule has 1 aliphatic heterocycles. The zero-order valence-corrected chi connectivity index (χ0v) is 15.8. The minimum Gasteiger partial charge on any atom is -0.469 e. The third-order valence-corrected chi connectivity index (χ3v) is 6.00. The quantitative estimate of drug-likeness (QED) is 0.622. The first-order chi connectivity index (χ1) is 11.6. The van der Waals surface area contributed by atoms with E-state index in [4.69, 9.17) is 14.0 Å². The fraction of sp³-hybridized carbons (Fsp3) is 0.632. The third kappa shape index (κ3) is 3.10. The van der Waals surface area contributed by atoms with Crippen LogP contribution in [0.3, 0.4) is 0 Å². The van der Waals surface area contributed by atoms with Crippen molar-refractivity contribution in [3.63, 3.8) is 0 Å². The SMILES string of the molecule is COC(=O)C1CC(c2cc(B3OC(C)(C)C(C)(C)O3)c(C)cc2F)C1. The van der Waals surface area contributed by atoms with Gasteiger partial charge in [-0.05, 0) is 76.0 Å². The van der Waals surface area contributed by atoms with E-state index < -0.39 is 18.3 Å². The third-order valence-electron chi connectivity index (χ3n) is 6.00. The Morgan fingerprint density at radius 1 is 1.20 bits per heavy atom. The van der Waals surface area contributed by atoms with Gasteiger partial charge in [-0.3, -0.25) is 4.79 Å². The van der Waals surface area contributed by atoms with Gasteiger partial charge in [-0.15, -0.1) is 0 Å². The van der Waals surface area contributed by atoms with Crippen LogP contribution in [-0.4, -0.2) is 31.4 Å². The Balaban J connectivity index is 1.85. The van der Waals surface area contributed by atoms with Crippen LogP contribution in [0.2, 0.25) is 0 Å². The van der Waals surface area contributed by atoms with Gasteiger partial charge in [0.25, 0.3) is 0 Å². The number of hydrogen-bond acceptors (Lipinski definition) is 4. The molecule has 1 aromatic rings. The van der Waals surface area contributed by atoms with Gasteiger partial charge < -0.3 is 14.0 Å². The van der Waals surface area contributed by atoms with Crippen molar-refractivity contribution in [2.45, 2.75) is 64.6 Å². The summed E-state index contributed by atoms with van der Waals surface area (Å²) in [7, 11) is 0.874. The first-order valence-electron chi connectivity index (χ1n) is 8.79. The van der Waals surface area contributed by atoms with Crippen LogP contribution in [0.15, 0.2) is 12.1 Å². The first kappa shape index (κ1) is 18.4. The van der Waals surface area contributed by atoms with Crippen LogP contribution >= 0.6 is 0 Å². The molecule has 0 radical (unpaired) electrons. The molecule has 1 aliphatic carbocycles. The highest BCUT2D eigenvalue weighted by molar-refractivity contribution is 6.62. The number of rotatable bonds is 3. The molecule has 0 N–H and O–H groups in total. The molecule has 0 aromatic heterocycles. The van der Waals surface area contributed by atoms with E-state index in [1.54, 1.807) is 6.07 Å². The summed E-state index contributed by atoms with van der Waals surface area (Å²) in [6.07, 6.45) is 1.24. The van der Waals surface area contributed by atoms with E-state index in [0.29, 0.717) is 18.4 Å². The highest BCUT2D eigenvalue weighted by Gasteiger charge is 2.52. The molecular weight excluding hydrogens is 322 g/mol. The second-order valence-corrected chi connectivity index (χ2v) is 8.21. The van der Waals surface area contributed by atoms with Crippen molar-refractivity contribution in [2.24, 2.45) is 5.92 Å². The maximum Gasteiger partial charge on any atom is 0.495 e. The number of ether oxygens (including phenoxy) is 1. The highest BCUT2D eigenvalue weighted by atomic mass is 19.1. The van der Waals surface area contributed by atoms with Gasteiger partial charge >= 0.3 is 13.1 Å².